The standard InChI is InChI=1S/C11H22O/c1-4-5-9-6-7-11(2,3)8-10(9)12/h9-10,12H,4-8H2,1-3H3. The first kappa shape index (κ1) is 10.0. The van der Waals surface area contributed by atoms with E-state index in [-0.39, 0.29) is 6.10 Å². The monoisotopic (exact) mass is 170 g/mol. The summed E-state index contributed by atoms with van der Waals surface area (Å²) in [5.74, 6) is 0.586. The van der Waals surface area contributed by atoms with Gasteiger partial charge in [-0.05, 0) is 37.0 Å². The maximum Gasteiger partial charge on any atom is 0.0573 e. The second-order valence-electron chi connectivity index (χ2n) is 5.02. The van der Waals surface area contributed by atoms with Crippen LogP contribution in [0.1, 0.15) is 52.9 Å². The first-order chi connectivity index (χ1) is 5.55. The molecule has 0 aromatic carbocycles. The molecule has 0 heterocycles. The van der Waals surface area contributed by atoms with E-state index in [1.165, 1.54) is 25.7 Å². The van der Waals surface area contributed by atoms with Crippen molar-refractivity contribution < 1.29 is 5.11 Å². The molecule has 0 saturated heterocycles. The van der Waals surface area contributed by atoms with Gasteiger partial charge in [-0.25, -0.2) is 0 Å². The quantitative estimate of drug-likeness (QED) is 0.675. The highest BCUT2D eigenvalue weighted by Gasteiger charge is 2.32. The van der Waals surface area contributed by atoms with Gasteiger partial charge < -0.3 is 5.11 Å². The minimum absolute atomic E-state index is 0.0336. The Morgan fingerprint density at radius 1 is 1.42 bits per heavy atom. The minimum Gasteiger partial charge on any atom is -0.393 e. The lowest BCUT2D eigenvalue weighted by molar-refractivity contribution is 0.0120. The van der Waals surface area contributed by atoms with Gasteiger partial charge in [0, 0.05) is 0 Å². The number of hydrogen-bond acceptors (Lipinski definition) is 1. The average molecular weight is 170 g/mol. The van der Waals surface area contributed by atoms with Gasteiger partial charge in [-0.3, -0.25) is 0 Å². The van der Waals surface area contributed by atoms with Crippen molar-refractivity contribution in [3.63, 3.8) is 0 Å². The topological polar surface area (TPSA) is 20.2 Å². The molecule has 2 unspecified atom stereocenters. The van der Waals surface area contributed by atoms with Crippen molar-refractivity contribution in [2.24, 2.45) is 11.3 Å². The maximum atomic E-state index is 9.84. The van der Waals surface area contributed by atoms with Gasteiger partial charge in [-0.1, -0.05) is 27.2 Å². The van der Waals surface area contributed by atoms with E-state index in [1.807, 2.05) is 0 Å². The summed E-state index contributed by atoms with van der Waals surface area (Å²) in [6.45, 7) is 6.73. The Bertz CT molecular complexity index is 140. The van der Waals surface area contributed by atoms with Crippen LogP contribution in [0.5, 0.6) is 0 Å². The first-order valence-corrected chi connectivity index (χ1v) is 5.23. The third-order valence-corrected chi connectivity index (χ3v) is 3.16. The summed E-state index contributed by atoms with van der Waals surface area (Å²) in [7, 11) is 0. The lowest BCUT2D eigenvalue weighted by atomic mass is 9.70. The van der Waals surface area contributed by atoms with Crippen LogP contribution in [0.25, 0.3) is 0 Å². The van der Waals surface area contributed by atoms with Crippen molar-refractivity contribution in [3.05, 3.63) is 0 Å². The summed E-state index contributed by atoms with van der Waals surface area (Å²) < 4.78 is 0. The fourth-order valence-electron chi connectivity index (χ4n) is 2.31. The lowest BCUT2D eigenvalue weighted by Gasteiger charge is -2.38. The van der Waals surface area contributed by atoms with Crippen LogP contribution in [0, 0.1) is 11.3 Å². The Morgan fingerprint density at radius 2 is 2.08 bits per heavy atom. The van der Waals surface area contributed by atoms with Crippen molar-refractivity contribution in [1.29, 1.82) is 0 Å². The summed E-state index contributed by atoms with van der Waals surface area (Å²) in [6.07, 6.45) is 5.89. The molecule has 0 aromatic heterocycles. The lowest BCUT2D eigenvalue weighted by Crippen LogP contribution is -2.33. The Balaban J connectivity index is 2.42. The smallest absolute Gasteiger partial charge is 0.0573 e. The van der Waals surface area contributed by atoms with Crippen LogP contribution in [-0.4, -0.2) is 11.2 Å². The SMILES string of the molecule is CCCC1CCC(C)(C)CC1O. The molecule has 72 valence electrons. The summed E-state index contributed by atoms with van der Waals surface area (Å²) in [5, 5.41) is 9.84. The summed E-state index contributed by atoms with van der Waals surface area (Å²) >= 11 is 0. The van der Waals surface area contributed by atoms with Crippen LogP contribution in [-0.2, 0) is 0 Å². The predicted octanol–water partition coefficient (Wildman–Crippen LogP) is 2.97. The van der Waals surface area contributed by atoms with Crippen molar-refractivity contribution in [1.82, 2.24) is 0 Å². The molecular formula is C11H22O. The van der Waals surface area contributed by atoms with Crippen LogP contribution < -0.4 is 0 Å². The van der Waals surface area contributed by atoms with Crippen LogP contribution in [0.4, 0.5) is 0 Å². The highest BCUT2D eigenvalue weighted by atomic mass is 16.3. The van der Waals surface area contributed by atoms with E-state index in [2.05, 4.69) is 20.8 Å². The maximum absolute atomic E-state index is 9.84. The number of hydrogen-bond donors (Lipinski definition) is 1. The number of aliphatic hydroxyl groups is 1. The zero-order valence-electron chi connectivity index (χ0n) is 8.64. The average Bonchev–Trinajstić information content (AvgIpc) is 1.94. The third kappa shape index (κ3) is 2.48. The molecule has 1 aliphatic carbocycles. The molecule has 0 spiro atoms. The number of rotatable bonds is 2. The van der Waals surface area contributed by atoms with Gasteiger partial charge in [-0.15, -0.1) is 0 Å². The van der Waals surface area contributed by atoms with Gasteiger partial charge >= 0.3 is 0 Å². The van der Waals surface area contributed by atoms with E-state index in [0.717, 1.165) is 6.42 Å². The normalized spacial score (nSPS) is 35.0. The molecule has 1 fully saturated rings. The van der Waals surface area contributed by atoms with Crippen molar-refractivity contribution in [2.45, 2.75) is 59.0 Å². The van der Waals surface area contributed by atoms with Crippen LogP contribution in [0.2, 0.25) is 0 Å². The fraction of sp³-hybridized carbons (Fsp3) is 1.00. The molecule has 1 saturated carbocycles. The van der Waals surface area contributed by atoms with E-state index >= 15 is 0 Å². The molecule has 0 bridgehead atoms. The van der Waals surface area contributed by atoms with Crippen molar-refractivity contribution in [3.8, 4) is 0 Å². The van der Waals surface area contributed by atoms with Crippen molar-refractivity contribution in [2.75, 3.05) is 0 Å². The molecule has 0 aliphatic heterocycles. The highest BCUT2D eigenvalue weighted by molar-refractivity contribution is 4.84. The van der Waals surface area contributed by atoms with Gasteiger partial charge in [0.25, 0.3) is 0 Å². The largest absolute Gasteiger partial charge is 0.393 e. The molecule has 1 heteroatoms. The Kier molecular flexibility index (Phi) is 3.16. The fourth-order valence-corrected chi connectivity index (χ4v) is 2.31. The molecule has 0 aromatic rings. The van der Waals surface area contributed by atoms with Gasteiger partial charge in [0.05, 0.1) is 6.10 Å². The second-order valence-corrected chi connectivity index (χ2v) is 5.02. The molecule has 2 atom stereocenters. The molecular weight excluding hydrogens is 148 g/mol. The first-order valence-electron chi connectivity index (χ1n) is 5.23. The summed E-state index contributed by atoms with van der Waals surface area (Å²) in [6, 6.07) is 0. The van der Waals surface area contributed by atoms with Crippen molar-refractivity contribution >= 4 is 0 Å². The second kappa shape index (κ2) is 3.78. The molecule has 1 aliphatic rings. The zero-order chi connectivity index (χ0) is 9.19. The van der Waals surface area contributed by atoms with Gasteiger partial charge in [0.15, 0.2) is 0 Å². The van der Waals surface area contributed by atoms with Gasteiger partial charge in [-0.2, -0.15) is 0 Å². The van der Waals surface area contributed by atoms with Crippen LogP contribution >= 0.6 is 0 Å². The Morgan fingerprint density at radius 3 is 2.58 bits per heavy atom. The van der Waals surface area contributed by atoms with Crippen LogP contribution in [0.15, 0.2) is 0 Å². The van der Waals surface area contributed by atoms with E-state index in [9.17, 15) is 5.11 Å². The van der Waals surface area contributed by atoms with Gasteiger partial charge in [0.2, 0.25) is 0 Å². The zero-order valence-corrected chi connectivity index (χ0v) is 8.64. The molecule has 1 nitrogen and oxygen atoms in total. The number of aliphatic hydroxyl groups excluding tert-OH is 1. The van der Waals surface area contributed by atoms with E-state index < -0.39 is 0 Å². The molecule has 1 rings (SSSR count). The summed E-state index contributed by atoms with van der Waals surface area (Å²) in [4.78, 5) is 0. The van der Waals surface area contributed by atoms with E-state index in [0.29, 0.717) is 11.3 Å². The molecule has 1 N–H and O–H groups in total. The van der Waals surface area contributed by atoms with Gasteiger partial charge in [0.1, 0.15) is 0 Å². The summed E-state index contributed by atoms with van der Waals surface area (Å²) in [5.41, 5.74) is 0.379. The van der Waals surface area contributed by atoms with Crippen LogP contribution in [0.3, 0.4) is 0 Å². The highest BCUT2D eigenvalue weighted by Crippen LogP contribution is 2.39. The molecule has 0 radical (unpaired) electrons. The van der Waals surface area contributed by atoms with E-state index in [4.69, 9.17) is 0 Å². The molecule has 0 amide bonds. The predicted molar refractivity (Wildman–Crippen MR) is 52.0 cm³/mol. The van der Waals surface area contributed by atoms with E-state index in [1.54, 1.807) is 0 Å². The minimum atomic E-state index is -0.0336. The molecule has 12 heavy (non-hydrogen) atoms. The third-order valence-electron chi connectivity index (χ3n) is 3.16. The Labute approximate surface area is 76.2 Å². The Hall–Kier alpha value is -0.0400.